The van der Waals surface area contributed by atoms with Crippen LogP contribution in [-0.4, -0.2) is 21.5 Å². The Balaban J connectivity index is 1.28. The van der Waals surface area contributed by atoms with Gasteiger partial charge in [0.1, 0.15) is 17.0 Å². The van der Waals surface area contributed by atoms with E-state index in [4.69, 9.17) is 30.8 Å². The fourth-order valence-corrected chi connectivity index (χ4v) is 8.18. The van der Waals surface area contributed by atoms with Crippen LogP contribution in [0.5, 0.6) is 5.75 Å². The van der Waals surface area contributed by atoms with Crippen LogP contribution >= 0.6 is 22.9 Å². The SMILES string of the molecule is COc1ccc2c(c1)CCC1=C2N=c2sc(=Cc3cn(-c4ccccc4)nc3-c3cc4ccccc4oc3=O)c(=O)n2C1c1ccccc1Cl. The maximum absolute atomic E-state index is 14.6. The third kappa shape index (κ3) is 4.97. The van der Waals surface area contributed by atoms with E-state index in [2.05, 4.69) is 6.07 Å². The van der Waals surface area contributed by atoms with Crippen LogP contribution in [0.15, 0.2) is 134 Å². The molecular weight excluding hydrogens is 668 g/mol. The van der Waals surface area contributed by atoms with Crippen molar-refractivity contribution in [3.63, 3.8) is 0 Å². The molecule has 9 rings (SSSR count). The summed E-state index contributed by atoms with van der Waals surface area (Å²) < 4.78 is 15.1. The number of fused-ring (bicyclic) bond motifs is 4. The van der Waals surface area contributed by atoms with Crippen LogP contribution in [0.4, 0.5) is 0 Å². The molecule has 4 heterocycles. The Morgan fingerprint density at radius 3 is 2.56 bits per heavy atom. The number of ether oxygens (including phenoxy) is 1. The van der Waals surface area contributed by atoms with E-state index in [-0.39, 0.29) is 5.56 Å². The number of hydrogen-bond donors (Lipinski definition) is 0. The fraction of sp³-hybridized carbons (Fsp3) is 0.100. The molecule has 50 heavy (non-hydrogen) atoms. The van der Waals surface area contributed by atoms with Gasteiger partial charge in [0, 0.05) is 27.7 Å². The molecule has 1 aliphatic carbocycles. The summed E-state index contributed by atoms with van der Waals surface area (Å²) in [4.78, 5) is 33.7. The Hall–Kier alpha value is -5.77. The maximum atomic E-state index is 14.6. The molecule has 0 saturated carbocycles. The van der Waals surface area contributed by atoms with Gasteiger partial charge in [-0.05, 0) is 84.1 Å². The topological polar surface area (TPSA) is 91.6 Å². The van der Waals surface area contributed by atoms with Crippen LogP contribution in [0, 0.1) is 0 Å². The zero-order chi connectivity index (χ0) is 33.9. The lowest BCUT2D eigenvalue weighted by molar-refractivity contribution is 0.414. The monoisotopic (exact) mass is 694 g/mol. The molecule has 244 valence electrons. The van der Waals surface area contributed by atoms with Gasteiger partial charge in [0.05, 0.1) is 34.6 Å². The quantitative estimate of drug-likeness (QED) is 0.182. The number of para-hydroxylation sites is 2. The first-order chi connectivity index (χ1) is 24.5. The van der Waals surface area contributed by atoms with Gasteiger partial charge < -0.3 is 9.15 Å². The number of rotatable bonds is 5. The highest BCUT2D eigenvalue weighted by atomic mass is 35.5. The highest BCUT2D eigenvalue weighted by molar-refractivity contribution is 7.07. The van der Waals surface area contributed by atoms with Crippen LogP contribution in [-0.2, 0) is 6.42 Å². The molecule has 0 radical (unpaired) electrons. The van der Waals surface area contributed by atoms with Gasteiger partial charge >= 0.3 is 5.63 Å². The van der Waals surface area contributed by atoms with Gasteiger partial charge in [-0.15, -0.1) is 0 Å². The van der Waals surface area contributed by atoms with Gasteiger partial charge in [0.25, 0.3) is 5.56 Å². The third-order valence-electron chi connectivity index (χ3n) is 9.31. The number of halogens is 1. The Morgan fingerprint density at radius 1 is 0.920 bits per heavy atom. The molecular formula is C40H27ClN4O4S. The van der Waals surface area contributed by atoms with Crippen molar-refractivity contribution in [3.8, 4) is 22.7 Å². The molecule has 7 aromatic rings. The lowest BCUT2D eigenvalue weighted by atomic mass is 9.83. The van der Waals surface area contributed by atoms with Crippen molar-refractivity contribution in [3.05, 3.63) is 172 Å². The molecule has 0 N–H and O–H groups in total. The molecule has 0 fully saturated rings. The van der Waals surface area contributed by atoms with Crippen molar-refractivity contribution in [1.82, 2.24) is 14.3 Å². The molecule has 4 aromatic carbocycles. The van der Waals surface area contributed by atoms with Crippen LogP contribution < -0.4 is 25.3 Å². The first-order valence-electron chi connectivity index (χ1n) is 16.1. The Labute approximate surface area is 294 Å². The van der Waals surface area contributed by atoms with Gasteiger partial charge in [0.2, 0.25) is 0 Å². The highest BCUT2D eigenvalue weighted by Crippen LogP contribution is 2.43. The number of aryl methyl sites for hydroxylation is 1. The summed E-state index contributed by atoms with van der Waals surface area (Å²) >= 11 is 8.15. The number of benzene rings is 4. The highest BCUT2D eigenvalue weighted by Gasteiger charge is 2.34. The summed E-state index contributed by atoms with van der Waals surface area (Å²) in [5.74, 6) is 0.795. The largest absolute Gasteiger partial charge is 0.497 e. The number of nitrogens with zero attached hydrogens (tertiary/aromatic N) is 4. The van der Waals surface area contributed by atoms with Crippen LogP contribution in [0.2, 0.25) is 5.02 Å². The first kappa shape index (κ1) is 30.3. The minimum absolute atomic E-state index is 0.199. The average molecular weight is 695 g/mol. The van der Waals surface area contributed by atoms with E-state index < -0.39 is 11.7 Å². The van der Waals surface area contributed by atoms with E-state index in [9.17, 15) is 9.59 Å². The number of hydrogen-bond acceptors (Lipinski definition) is 7. The molecule has 0 spiro atoms. The van der Waals surface area contributed by atoms with E-state index in [1.807, 2.05) is 91.1 Å². The standard InChI is InChI=1S/C40H27ClN4O4S/c1-48-27-16-18-28-23(19-27)15-17-30-36(28)42-40-45(37(30)29-12-6-7-13-32(29)41)38(46)34(50-40)21-25-22-44(26-10-3-2-4-11-26)43-35(25)31-20-24-9-5-8-14-33(24)49-39(31)47/h2-14,16,18-22,37H,15,17H2,1H3. The van der Waals surface area contributed by atoms with Gasteiger partial charge in [-0.25, -0.2) is 14.5 Å². The molecule has 1 aliphatic heterocycles. The zero-order valence-corrected chi connectivity index (χ0v) is 28.2. The zero-order valence-electron chi connectivity index (χ0n) is 26.7. The van der Waals surface area contributed by atoms with Crippen molar-refractivity contribution >= 4 is 45.7 Å². The van der Waals surface area contributed by atoms with Crippen molar-refractivity contribution < 1.29 is 9.15 Å². The molecule has 10 heteroatoms. The minimum atomic E-state index is -0.514. The molecule has 0 saturated heterocycles. The number of allylic oxidation sites excluding steroid dienone is 1. The normalized spacial score (nSPS) is 15.4. The summed E-state index contributed by atoms with van der Waals surface area (Å²) in [6.45, 7) is 0. The summed E-state index contributed by atoms with van der Waals surface area (Å²) in [5.41, 5.74) is 6.80. The summed E-state index contributed by atoms with van der Waals surface area (Å²) in [6.07, 6.45) is 5.12. The van der Waals surface area contributed by atoms with E-state index in [0.717, 1.165) is 51.2 Å². The smallest absolute Gasteiger partial charge is 0.345 e. The Morgan fingerprint density at radius 2 is 1.72 bits per heavy atom. The number of aromatic nitrogens is 3. The predicted octanol–water partition coefficient (Wildman–Crippen LogP) is 6.94. The lowest BCUT2D eigenvalue weighted by Gasteiger charge is -2.31. The van der Waals surface area contributed by atoms with Gasteiger partial charge in [-0.2, -0.15) is 5.10 Å². The Kier molecular flexibility index (Phi) is 7.26. The second kappa shape index (κ2) is 12.0. The van der Waals surface area contributed by atoms with Crippen LogP contribution in [0.25, 0.3) is 39.7 Å². The molecule has 3 aromatic heterocycles. The second-order valence-electron chi connectivity index (χ2n) is 12.2. The van der Waals surface area contributed by atoms with E-state index in [1.165, 1.54) is 11.3 Å². The predicted molar refractivity (Wildman–Crippen MR) is 196 cm³/mol. The molecule has 0 amide bonds. The van der Waals surface area contributed by atoms with Gasteiger partial charge in [-0.3, -0.25) is 9.36 Å². The van der Waals surface area contributed by atoms with Crippen molar-refractivity contribution in [2.75, 3.05) is 7.11 Å². The van der Waals surface area contributed by atoms with Crippen molar-refractivity contribution in [2.24, 2.45) is 4.99 Å². The Bertz CT molecular complexity index is 2780. The van der Waals surface area contributed by atoms with E-state index >= 15 is 0 Å². The fourth-order valence-electron chi connectivity index (χ4n) is 6.94. The molecule has 2 aliphatic rings. The summed E-state index contributed by atoms with van der Waals surface area (Å²) in [7, 11) is 1.66. The summed E-state index contributed by atoms with van der Waals surface area (Å²) in [6, 6.07) is 32.0. The maximum Gasteiger partial charge on any atom is 0.345 e. The van der Waals surface area contributed by atoms with Gasteiger partial charge in [0.15, 0.2) is 4.80 Å². The average Bonchev–Trinajstić information content (AvgIpc) is 3.70. The van der Waals surface area contributed by atoms with Crippen molar-refractivity contribution in [2.45, 2.75) is 18.9 Å². The number of methoxy groups -OCH3 is 1. The van der Waals surface area contributed by atoms with Crippen molar-refractivity contribution in [1.29, 1.82) is 0 Å². The van der Waals surface area contributed by atoms with E-state index in [1.54, 1.807) is 34.6 Å². The second-order valence-corrected chi connectivity index (χ2v) is 13.6. The number of thiazole rings is 1. The lowest BCUT2D eigenvalue weighted by Crippen LogP contribution is -2.38. The molecule has 0 bridgehead atoms. The first-order valence-corrected chi connectivity index (χ1v) is 17.3. The van der Waals surface area contributed by atoms with Crippen LogP contribution in [0.3, 0.4) is 0 Å². The molecule has 8 nitrogen and oxygen atoms in total. The van der Waals surface area contributed by atoms with Crippen LogP contribution in [0.1, 0.15) is 34.7 Å². The van der Waals surface area contributed by atoms with Gasteiger partial charge in [-0.1, -0.05) is 77.5 Å². The summed E-state index contributed by atoms with van der Waals surface area (Å²) in [5, 5.41) is 6.21. The minimum Gasteiger partial charge on any atom is -0.497 e. The third-order valence-corrected chi connectivity index (χ3v) is 10.6. The molecule has 1 unspecified atom stereocenters. The molecule has 1 atom stereocenters. The van der Waals surface area contributed by atoms with E-state index in [0.29, 0.717) is 43.2 Å².